The number of aryl methyl sites for hydroxylation is 2. The van der Waals surface area contributed by atoms with Crippen molar-refractivity contribution in [1.82, 2.24) is 5.32 Å². The van der Waals surface area contributed by atoms with Crippen LogP contribution in [0.2, 0.25) is 5.02 Å². The fourth-order valence-electron chi connectivity index (χ4n) is 2.94. The Morgan fingerprint density at radius 3 is 2.13 bits per heavy atom. The maximum atomic E-state index is 13.0. The Morgan fingerprint density at radius 2 is 1.60 bits per heavy atom. The minimum atomic E-state index is -1.48. The molecule has 0 aliphatic rings. The number of ketones is 1. The lowest BCUT2D eigenvalue weighted by atomic mass is 9.99. The van der Waals surface area contributed by atoms with Crippen LogP contribution in [0, 0.1) is 13.8 Å². The summed E-state index contributed by atoms with van der Waals surface area (Å²) in [6, 6.07) is 7.86. The van der Waals surface area contributed by atoms with Crippen LogP contribution in [-0.2, 0) is 4.79 Å². The second kappa shape index (κ2) is 9.28. The van der Waals surface area contributed by atoms with E-state index in [-0.39, 0.29) is 11.3 Å². The summed E-state index contributed by atoms with van der Waals surface area (Å²) in [4.78, 5) is 37.3. The van der Waals surface area contributed by atoms with Crippen molar-refractivity contribution in [3.8, 4) is 0 Å². The Bertz CT molecular complexity index is 963. The minimum absolute atomic E-state index is 0.0419. The molecule has 2 amide bonds. The zero-order valence-corrected chi connectivity index (χ0v) is 18.3. The fraction of sp³-hybridized carbons (Fsp3) is 0.318. The summed E-state index contributed by atoms with van der Waals surface area (Å²) in [6.07, 6.45) is 0. The molecular weight excluding hydrogens is 406 g/mol. The maximum absolute atomic E-state index is 13.0. The van der Waals surface area contributed by atoms with Gasteiger partial charge in [0.25, 0.3) is 0 Å². The summed E-state index contributed by atoms with van der Waals surface area (Å²) < 4.78 is 0. The van der Waals surface area contributed by atoms with Crippen molar-refractivity contribution < 1.29 is 19.5 Å². The van der Waals surface area contributed by atoms with Crippen LogP contribution in [0.3, 0.4) is 0 Å². The predicted octanol–water partition coefficient (Wildman–Crippen LogP) is 4.62. The molecule has 0 saturated heterocycles. The molecule has 4 N–H and O–H groups in total. The molecule has 2 aromatic rings. The van der Waals surface area contributed by atoms with Gasteiger partial charge in [-0.25, -0.2) is 4.79 Å². The molecule has 0 aromatic heterocycles. The molecule has 2 rings (SSSR count). The first kappa shape index (κ1) is 23.4. The molecule has 0 fully saturated rings. The van der Waals surface area contributed by atoms with Gasteiger partial charge in [0.15, 0.2) is 11.8 Å². The highest BCUT2D eigenvalue weighted by molar-refractivity contribution is 6.31. The van der Waals surface area contributed by atoms with Crippen LogP contribution in [0.4, 0.5) is 16.2 Å². The molecule has 160 valence electrons. The standard InChI is InChI=1S/C22H26ClN3O4/c1-12-7-6-8-13(2)17(12)25-21(30)24-16-11-14(23)9-10-15(16)19(27)18(20(28)29)26-22(3,4)5/h6-11,18,26H,1-5H3,(H,28,29)(H2,24,25,30). The van der Waals surface area contributed by atoms with Crippen LogP contribution in [0.15, 0.2) is 36.4 Å². The molecule has 0 bridgehead atoms. The van der Waals surface area contributed by atoms with E-state index in [1.165, 1.54) is 18.2 Å². The van der Waals surface area contributed by atoms with Crippen molar-refractivity contribution >= 4 is 40.8 Å². The number of carboxylic acids is 1. The van der Waals surface area contributed by atoms with Gasteiger partial charge in [-0.05, 0) is 63.9 Å². The summed E-state index contributed by atoms with van der Waals surface area (Å²) in [5, 5.41) is 18.0. The smallest absolute Gasteiger partial charge is 0.328 e. The molecule has 0 spiro atoms. The van der Waals surface area contributed by atoms with Crippen LogP contribution in [0.5, 0.6) is 0 Å². The number of hydrogen-bond donors (Lipinski definition) is 4. The van der Waals surface area contributed by atoms with E-state index in [9.17, 15) is 19.5 Å². The second-order valence-electron chi connectivity index (χ2n) is 8.07. The lowest BCUT2D eigenvalue weighted by molar-refractivity contribution is -0.138. The summed E-state index contributed by atoms with van der Waals surface area (Å²) in [5.74, 6) is -1.99. The number of halogens is 1. The van der Waals surface area contributed by atoms with E-state index in [0.29, 0.717) is 10.7 Å². The Labute approximate surface area is 180 Å². The third-order valence-corrected chi connectivity index (χ3v) is 4.54. The molecule has 7 nitrogen and oxygen atoms in total. The number of aliphatic carboxylic acids is 1. The Kier molecular flexibility index (Phi) is 7.23. The minimum Gasteiger partial charge on any atom is -0.480 e. The molecule has 0 heterocycles. The van der Waals surface area contributed by atoms with Gasteiger partial charge >= 0.3 is 12.0 Å². The van der Waals surface area contributed by atoms with E-state index in [0.717, 1.165) is 11.1 Å². The number of benzene rings is 2. The van der Waals surface area contributed by atoms with Gasteiger partial charge in [-0.2, -0.15) is 0 Å². The number of amides is 2. The van der Waals surface area contributed by atoms with Crippen molar-refractivity contribution in [2.24, 2.45) is 0 Å². The Morgan fingerprint density at radius 1 is 1.00 bits per heavy atom. The first-order valence-corrected chi connectivity index (χ1v) is 9.75. The number of anilines is 2. The zero-order valence-electron chi connectivity index (χ0n) is 17.6. The lowest BCUT2D eigenvalue weighted by Crippen LogP contribution is -2.52. The summed E-state index contributed by atoms with van der Waals surface area (Å²) >= 11 is 6.05. The van der Waals surface area contributed by atoms with Crippen molar-refractivity contribution in [1.29, 1.82) is 0 Å². The Hall–Kier alpha value is -2.90. The van der Waals surface area contributed by atoms with Gasteiger partial charge in [0, 0.05) is 21.8 Å². The largest absolute Gasteiger partial charge is 0.480 e. The van der Waals surface area contributed by atoms with Gasteiger partial charge in [0.05, 0.1) is 5.69 Å². The van der Waals surface area contributed by atoms with Gasteiger partial charge in [-0.15, -0.1) is 0 Å². The molecular formula is C22H26ClN3O4. The number of urea groups is 1. The highest BCUT2D eigenvalue weighted by Gasteiger charge is 2.32. The zero-order chi connectivity index (χ0) is 22.6. The number of carboxylic acid groups (broad SMARTS) is 1. The first-order chi connectivity index (χ1) is 13.9. The number of hydrogen-bond acceptors (Lipinski definition) is 4. The average Bonchev–Trinajstić information content (AvgIpc) is 2.61. The van der Waals surface area contributed by atoms with Crippen LogP contribution in [-0.4, -0.2) is 34.5 Å². The fourth-order valence-corrected chi connectivity index (χ4v) is 3.11. The van der Waals surface area contributed by atoms with Crippen molar-refractivity contribution in [3.63, 3.8) is 0 Å². The molecule has 1 atom stereocenters. The molecule has 0 aliphatic carbocycles. The van der Waals surface area contributed by atoms with Gasteiger partial charge in [-0.1, -0.05) is 29.8 Å². The van der Waals surface area contributed by atoms with Crippen LogP contribution in [0.25, 0.3) is 0 Å². The first-order valence-electron chi connectivity index (χ1n) is 9.37. The SMILES string of the molecule is Cc1cccc(C)c1NC(=O)Nc1cc(Cl)ccc1C(=O)C(NC(C)(C)C)C(=O)O. The summed E-state index contributed by atoms with van der Waals surface area (Å²) in [6.45, 7) is 9.01. The summed E-state index contributed by atoms with van der Waals surface area (Å²) in [7, 11) is 0. The highest BCUT2D eigenvalue weighted by Crippen LogP contribution is 2.25. The highest BCUT2D eigenvalue weighted by atomic mass is 35.5. The number of carbonyl (C=O) groups is 3. The number of carbonyl (C=O) groups excluding carboxylic acids is 2. The Balaban J connectivity index is 2.33. The van der Waals surface area contributed by atoms with Gasteiger partial charge < -0.3 is 15.7 Å². The molecule has 0 radical (unpaired) electrons. The number of para-hydroxylation sites is 1. The van der Waals surface area contributed by atoms with Gasteiger partial charge in [0.1, 0.15) is 0 Å². The van der Waals surface area contributed by atoms with E-state index in [4.69, 9.17) is 11.6 Å². The molecule has 0 aliphatic heterocycles. The van der Waals surface area contributed by atoms with Gasteiger partial charge in [0.2, 0.25) is 0 Å². The molecule has 0 saturated carbocycles. The summed E-state index contributed by atoms with van der Waals surface area (Å²) in [5.41, 5.74) is 1.97. The van der Waals surface area contributed by atoms with E-state index in [1.54, 1.807) is 20.8 Å². The average molecular weight is 432 g/mol. The quantitative estimate of drug-likeness (QED) is 0.394. The number of Topliss-reactive ketones (excluding diaryl/α,β-unsaturated/α-hetero) is 1. The van der Waals surface area contributed by atoms with Crippen LogP contribution in [0.1, 0.15) is 42.3 Å². The molecule has 2 aromatic carbocycles. The van der Waals surface area contributed by atoms with Crippen molar-refractivity contribution in [2.45, 2.75) is 46.2 Å². The molecule has 8 heteroatoms. The third kappa shape index (κ3) is 6.05. The third-order valence-electron chi connectivity index (χ3n) is 4.30. The lowest BCUT2D eigenvalue weighted by Gasteiger charge is -2.25. The van der Waals surface area contributed by atoms with Crippen molar-refractivity contribution in [2.75, 3.05) is 10.6 Å². The van der Waals surface area contributed by atoms with Crippen LogP contribution >= 0.6 is 11.6 Å². The second-order valence-corrected chi connectivity index (χ2v) is 8.50. The monoisotopic (exact) mass is 431 g/mol. The van der Waals surface area contributed by atoms with E-state index >= 15 is 0 Å². The number of nitrogens with one attached hydrogen (secondary N) is 3. The maximum Gasteiger partial charge on any atom is 0.328 e. The number of rotatable bonds is 6. The molecule has 30 heavy (non-hydrogen) atoms. The van der Waals surface area contributed by atoms with Crippen LogP contribution < -0.4 is 16.0 Å². The predicted molar refractivity (Wildman–Crippen MR) is 119 cm³/mol. The van der Waals surface area contributed by atoms with E-state index in [2.05, 4.69) is 16.0 Å². The topological polar surface area (TPSA) is 108 Å². The van der Waals surface area contributed by atoms with E-state index in [1.807, 2.05) is 32.0 Å². The normalized spacial score (nSPS) is 12.2. The molecule has 1 unspecified atom stereocenters. The van der Waals surface area contributed by atoms with Crippen molar-refractivity contribution in [3.05, 3.63) is 58.1 Å². The van der Waals surface area contributed by atoms with E-state index < -0.39 is 29.4 Å². The van der Waals surface area contributed by atoms with Gasteiger partial charge in [-0.3, -0.25) is 14.9 Å².